The van der Waals surface area contributed by atoms with E-state index in [-0.39, 0.29) is 24.8 Å². The Morgan fingerprint density at radius 3 is 1.53 bits per heavy atom. The van der Waals surface area contributed by atoms with E-state index in [9.17, 15) is 0 Å². The first-order chi connectivity index (χ1) is 8.24. The van der Waals surface area contributed by atoms with Gasteiger partial charge in [-0.2, -0.15) is 0 Å². The summed E-state index contributed by atoms with van der Waals surface area (Å²) in [5.41, 5.74) is 0. The van der Waals surface area contributed by atoms with Gasteiger partial charge in [-0.05, 0) is 0 Å². The molecule has 2 aromatic carbocycles. The fourth-order valence-electron chi connectivity index (χ4n) is 1.18. The van der Waals surface area contributed by atoms with E-state index >= 15 is 0 Å². The zero-order valence-electron chi connectivity index (χ0n) is 9.45. The average molecular weight is 600 g/mol. The summed E-state index contributed by atoms with van der Waals surface area (Å²) in [4.78, 5) is 0. The topological polar surface area (TPSA) is 18.5 Å². The van der Waals surface area contributed by atoms with Crippen LogP contribution in [0.3, 0.4) is 0 Å². The molecule has 2 rings (SSSR count). The summed E-state index contributed by atoms with van der Waals surface area (Å²) in [6.45, 7) is 0. The molecule has 0 aromatic heterocycles. The van der Waals surface area contributed by atoms with Gasteiger partial charge in [-0.3, -0.25) is 0 Å². The van der Waals surface area contributed by atoms with E-state index in [1.54, 1.807) is 0 Å². The van der Waals surface area contributed by atoms with E-state index in [1.807, 2.05) is 48.5 Å². The van der Waals surface area contributed by atoms with Crippen LogP contribution in [0.4, 0.5) is 0 Å². The van der Waals surface area contributed by atoms with Crippen molar-refractivity contribution in [1.29, 1.82) is 0 Å². The zero-order chi connectivity index (χ0) is 12.1. The van der Waals surface area contributed by atoms with Gasteiger partial charge in [0.05, 0.1) is 0 Å². The Labute approximate surface area is 164 Å². The summed E-state index contributed by atoms with van der Waals surface area (Å²) in [6, 6.07) is 16.0. The summed E-state index contributed by atoms with van der Waals surface area (Å²) >= 11 is 3.24. The van der Waals surface area contributed by atoms with Crippen molar-refractivity contribution in [3.63, 3.8) is 0 Å². The second-order valence-electron chi connectivity index (χ2n) is 3.20. The van der Waals surface area contributed by atoms with Crippen LogP contribution in [-0.4, -0.2) is 0 Å². The largest absolute Gasteiger partial charge is 1.00 e. The first kappa shape index (κ1) is 20.0. The van der Waals surface area contributed by atoms with Gasteiger partial charge in [0.2, 0.25) is 0 Å². The molecular formula is C12H8Cl2I2O2Zr. The van der Waals surface area contributed by atoms with E-state index in [0.717, 1.165) is 11.5 Å². The van der Waals surface area contributed by atoms with Crippen molar-refractivity contribution in [2.24, 2.45) is 0 Å². The number of rotatable bonds is 4. The molecule has 0 aliphatic carbocycles. The zero-order valence-corrected chi connectivity index (χ0v) is 17.7. The SMILES string of the molecule is Ic1cccc([O][Zr+2][O]c2cccc(I)c2)c1.[Cl-].[Cl-]. The van der Waals surface area contributed by atoms with Gasteiger partial charge in [0.1, 0.15) is 0 Å². The normalized spacial score (nSPS) is 8.53. The fraction of sp³-hybridized carbons (Fsp3) is 0. The molecule has 0 heterocycles. The van der Waals surface area contributed by atoms with Crippen LogP contribution in [-0.2, 0) is 24.1 Å². The van der Waals surface area contributed by atoms with E-state index in [2.05, 4.69) is 45.2 Å². The molecule has 0 amide bonds. The third kappa shape index (κ3) is 7.51. The van der Waals surface area contributed by atoms with Gasteiger partial charge in [-0.25, -0.2) is 0 Å². The smallest absolute Gasteiger partial charge is 1.00 e. The summed E-state index contributed by atoms with van der Waals surface area (Å²) in [5, 5.41) is 0. The standard InChI is InChI=1S/2C6H5IO.2ClH.Zr/c2*7-5-2-1-3-6(8)4-5;;;/h2*1-4,8H;2*1H;/q;;;;+4/p-4. The van der Waals surface area contributed by atoms with E-state index in [4.69, 9.17) is 5.63 Å². The molecule has 100 valence electrons. The molecular weight excluding hydrogens is 592 g/mol. The molecule has 0 N–H and O–H groups in total. The van der Waals surface area contributed by atoms with Gasteiger partial charge in [0.15, 0.2) is 0 Å². The van der Waals surface area contributed by atoms with Crippen LogP contribution in [0.25, 0.3) is 0 Å². The van der Waals surface area contributed by atoms with Crippen LogP contribution in [0.15, 0.2) is 48.5 Å². The molecule has 0 bridgehead atoms. The van der Waals surface area contributed by atoms with Crippen molar-refractivity contribution in [2.75, 3.05) is 0 Å². The minimum atomic E-state index is -1.30. The summed E-state index contributed by atoms with van der Waals surface area (Å²) < 4.78 is 13.7. The molecule has 2 aromatic rings. The van der Waals surface area contributed by atoms with Crippen LogP contribution < -0.4 is 30.4 Å². The molecule has 0 aliphatic rings. The molecule has 0 fully saturated rings. The van der Waals surface area contributed by atoms with Crippen LogP contribution in [0.2, 0.25) is 0 Å². The number of hydrogen-bond acceptors (Lipinski definition) is 2. The Morgan fingerprint density at radius 1 is 0.737 bits per heavy atom. The van der Waals surface area contributed by atoms with Crippen LogP contribution in [0.5, 0.6) is 11.5 Å². The van der Waals surface area contributed by atoms with Gasteiger partial charge in [-0.15, -0.1) is 0 Å². The van der Waals surface area contributed by atoms with Crippen LogP contribution in [0.1, 0.15) is 0 Å². The maximum absolute atomic E-state index is 5.67. The Bertz CT molecular complexity index is 469. The van der Waals surface area contributed by atoms with Crippen molar-refractivity contribution in [2.45, 2.75) is 0 Å². The third-order valence-corrected chi connectivity index (χ3v) is 4.82. The Hall–Kier alpha value is 0.963. The Balaban J connectivity index is 0.00000162. The molecule has 0 saturated carbocycles. The molecule has 19 heavy (non-hydrogen) atoms. The Morgan fingerprint density at radius 2 is 1.16 bits per heavy atom. The van der Waals surface area contributed by atoms with Crippen LogP contribution in [0, 0.1) is 7.14 Å². The first-order valence-corrected chi connectivity index (χ1v) is 9.00. The maximum Gasteiger partial charge on any atom is -1.00 e. The van der Waals surface area contributed by atoms with Crippen molar-refractivity contribution in [1.82, 2.24) is 0 Å². The molecule has 7 heteroatoms. The van der Waals surface area contributed by atoms with Crippen molar-refractivity contribution >= 4 is 45.2 Å². The quantitative estimate of drug-likeness (QED) is 0.390. The van der Waals surface area contributed by atoms with Gasteiger partial charge >= 0.3 is 142 Å². The summed E-state index contributed by atoms with van der Waals surface area (Å²) in [5.74, 6) is 1.79. The maximum atomic E-state index is 5.67. The molecule has 0 unspecified atom stereocenters. The Kier molecular flexibility index (Phi) is 11.2. The van der Waals surface area contributed by atoms with Gasteiger partial charge < -0.3 is 24.8 Å². The first-order valence-electron chi connectivity index (χ1n) is 4.84. The van der Waals surface area contributed by atoms with Crippen molar-refractivity contribution in [3.8, 4) is 11.5 Å². The van der Waals surface area contributed by atoms with Gasteiger partial charge in [0.25, 0.3) is 0 Å². The van der Waals surface area contributed by atoms with E-state index in [0.29, 0.717) is 0 Å². The van der Waals surface area contributed by atoms with E-state index < -0.39 is 24.1 Å². The monoisotopic (exact) mass is 598 g/mol. The molecule has 0 saturated heterocycles. The second kappa shape index (κ2) is 10.7. The molecule has 0 atom stereocenters. The predicted octanol–water partition coefficient (Wildman–Crippen LogP) is -1.73. The average Bonchev–Trinajstić information content (AvgIpc) is 2.29. The minimum absolute atomic E-state index is 0. The molecule has 0 aliphatic heterocycles. The molecule has 0 radical (unpaired) electrons. The summed E-state index contributed by atoms with van der Waals surface area (Å²) in [7, 11) is 0. The van der Waals surface area contributed by atoms with Crippen molar-refractivity contribution in [3.05, 3.63) is 55.7 Å². The van der Waals surface area contributed by atoms with Gasteiger partial charge in [0, 0.05) is 0 Å². The minimum Gasteiger partial charge on any atom is -1.00 e. The molecule has 0 spiro atoms. The second-order valence-corrected chi connectivity index (χ2v) is 7.11. The number of benzene rings is 2. The number of halogens is 4. The van der Waals surface area contributed by atoms with Crippen LogP contribution >= 0.6 is 45.2 Å². The number of hydrogen-bond donors (Lipinski definition) is 0. The summed E-state index contributed by atoms with van der Waals surface area (Å²) in [6.07, 6.45) is 0. The molecule has 2 nitrogen and oxygen atoms in total. The fourth-order valence-corrected chi connectivity index (χ4v) is 3.41. The van der Waals surface area contributed by atoms with Gasteiger partial charge in [-0.1, -0.05) is 0 Å². The third-order valence-electron chi connectivity index (χ3n) is 1.91. The predicted molar refractivity (Wildman–Crippen MR) is 79.6 cm³/mol. The van der Waals surface area contributed by atoms with Crippen molar-refractivity contribution < 1.29 is 54.6 Å². The van der Waals surface area contributed by atoms with E-state index in [1.165, 1.54) is 7.14 Å².